The molecule has 2 nitrogen and oxygen atoms in total. The van der Waals surface area contributed by atoms with Crippen LogP contribution in [0.5, 0.6) is 0 Å². The van der Waals surface area contributed by atoms with Crippen molar-refractivity contribution in [2.24, 2.45) is 0 Å². The van der Waals surface area contributed by atoms with E-state index in [9.17, 15) is 0 Å². The second kappa shape index (κ2) is 5.47. The summed E-state index contributed by atoms with van der Waals surface area (Å²) < 4.78 is 2.31. The monoisotopic (exact) mass is 288 g/mol. The maximum atomic E-state index is 3.39. The molecule has 0 radical (unpaired) electrons. The van der Waals surface area contributed by atoms with Crippen LogP contribution < -0.4 is 5.32 Å². The van der Waals surface area contributed by atoms with E-state index in [1.807, 2.05) is 0 Å². The van der Waals surface area contributed by atoms with Crippen LogP contribution in [0.3, 0.4) is 0 Å². The third-order valence-electron chi connectivity index (χ3n) is 4.43. The van der Waals surface area contributed by atoms with Gasteiger partial charge in [-0.1, -0.05) is 42.0 Å². The summed E-state index contributed by atoms with van der Waals surface area (Å²) in [7, 11) is 0. The molecule has 2 aromatic carbocycles. The van der Waals surface area contributed by atoms with Gasteiger partial charge in [0, 0.05) is 29.4 Å². The Morgan fingerprint density at radius 1 is 1.00 bits per heavy atom. The number of para-hydroxylation sites is 1. The van der Waals surface area contributed by atoms with Gasteiger partial charge < -0.3 is 9.88 Å². The molecule has 22 heavy (non-hydrogen) atoms. The SMILES string of the molecule is Cc1ccc(-n2cc(C3=CCNCC3)c3ccccc32)cc1. The first kappa shape index (κ1) is 13.4. The van der Waals surface area contributed by atoms with Gasteiger partial charge in [0.15, 0.2) is 0 Å². The molecule has 1 aliphatic heterocycles. The number of aromatic nitrogens is 1. The van der Waals surface area contributed by atoms with Crippen LogP contribution in [0.25, 0.3) is 22.2 Å². The number of rotatable bonds is 2. The predicted molar refractivity (Wildman–Crippen MR) is 93.5 cm³/mol. The number of nitrogens with zero attached hydrogens (tertiary/aromatic N) is 1. The van der Waals surface area contributed by atoms with Gasteiger partial charge in [-0.15, -0.1) is 0 Å². The van der Waals surface area contributed by atoms with Gasteiger partial charge in [-0.3, -0.25) is 0 Å². The molecule has 0 unspecified atom stereocenters. The second-order valence-electron chi connectivity index (χ2n) is 5.95. The second-order valence-corrected chi connectivity index (χ2v) is 5.95. The van der Waals surface area contributed by atoms with Gasteiger partial charge in [-0.25, -0.2) is 0 Å². The Labute approximate surface area is 131 Å². The number of hydrogen-bond acceptors (Lipinski definition) is 1. The Kier molecular flexibility index (Phi) is 3.32. The van der Waals surface area contributed by atoms with Gasteiger partial charge in [0.25, 0.3) is 0 Å². The fraction of sp³-hybridized carbons (Fsp3) is 0.200. The lowest BCUT2D eigenvalue weighted by molar-refractivity contribution is 0.739. The normalized spacial score (nSPS) is 15.0. The highest BCUT2D eigenvalue weighted by molar-refractivity contribution is 5.94. The van der Waals surface area contributed by atoms with Crippen molar-refractivity contribution in [2.45, 2.75) is 13.3 Å². The zero-order valence-corrected chi connectivity index (χ0v) is 12.8. The molecule has 4 rings (SSSR count). The van der Waals surface area contributed by atoms with Crippen LogP contribution in [0.2, 0.25) is 0 Å². The summed E-state index contributed by atoms with van der Waals surface area (Å²) in [5, 5.41) is 4.74. The van der Waals surface area contributed by atoms with Crippen molar-refractivity contribution in [3.05, 3.63) is 71.9 Å². The molecule has 3 aromatic rings. The van der Waals surface area contributed by atoms with Crippen molar-refractivity contribution in [1.82, 2.24) is 9.88 Å². The Morgan fingerprint density at radius 2 is 1.82 bits per heavy atom. The van der Waals surface area contributed by atoms with Crippen molar-refractivity contribution in [1.29, 1.82) is 0 Å². The molecule has 1 aliphatic rings. The molecule has 2 heterocycles. The van der Waals surface area contributed by atoms with E-state index in [1.54, 1.807) is 0 Å². The summed E-state index contributed by atoms with van der Waals surface area (Å²) in [6, 6.07) is 17.4. The van der Waals surface area contributed by atoms with Crippen molar-refractivity contribution < 1.29 is 0 Å². The van der Waals surface area contributed by atoms with Crippen molar-refractivity contribution in [3.63, 3.8) is 0 Å². The molecule has 1 N–H and O–H groups in total. The molecule has 110 valence electrons. The molecule has 0 bridgehead atoms. The van der Waals surface area contributed by atoms with E-state index in [2.05, 4.69) is 77.6 Å². The first-order chi connectivity index (χ1) is 10.8. The minimum atomic E-state index is 0.972. The molecule has 0 aliphatic carbocycles. The summed E-state index contributed by atoms with van der Waals surface area (Å²) in [6.45, 7) is 4.16. The summed E-state index contributed by atoms with van der Waals surface area (Å²) in [4.78, 5) is 0. The van der Waals surface area contributed by atoms with Crippen LogP contribution in [0, 0.1) is 6.92 Å². The zero-order chi connectivity index (χ0) is 14.9. The average molecular weight is 288 g/mol. The minimum Gasteiger partial charge on any atom is -0.316 e. The fourth-order valence-corrected chi connectivity index (χ4v) is 3.22. The van der Waals surface area contributed by atoms with Crippen LogP contribution >= 0.6 is 0 Å². The van der Waals surface area contributed by atoms with Gasteiger partial charge in [-0.2, -0.15) is 0 Å². The van der Waals surface area contributed by atoms with Gasteiger partial charge in [0.05, 0.1) is 5.52 Å². The van der Waals surface area contributed by atoms with E-state index < -0.39 is 0 Å². The maximum Gasteiger partial charge on any atom is 0.0534 e. The minimum absolute atomic E-state index is 0.972. The highest BCUT2D eigenvalue weighted by Gasteiger charge is 2.14. The third kappa shape index (κ3) is 2.26. The number of hydrogen-bond donors (Lipinski definition) is 1. The number of fused-ring (bicyclic) bond motifs is 1. The lowest BCUT2D eigenvalue weighted by Crippen LogP contribution is -2.19. The van der Waals surface area contributed by atoms with Gasteiger partial charge in [0.2, 0.25) is 0 Å². The Bertz CT molecular complexity index is 838. The number of nitrogens with one attached hydrogen (secondary N) is 1. The van der Waals surface area contributed by atoms with Crippen molar-refractivity contribution >= 4 is 16.5 Å². The smallest absolute Gasteiger partial charge is 0.0534 e. The zero-order valence-electron chi connectivity index (χ0n) is 12.8. The first-order valence-corrected chi connectivity index (χ1v) is 7.90. The molecule has 1 aromatic heterocycles. The third-order valence-corrected chi connectivity index (χ3v) is 4.43. The number of aryl methyl sites for hydroxylation is 1. The molecular weight excluding hydrogens is 268 g/mol. The standard InChI is InChI=1S/C20H20N2/c1-15-6-8-17(9-7-15)22-14-19(16-10-12-21-13-11-16)18-4-2-3-5-20(18)22/h2-10,14,21H,11-13H2,1H3. The highest BCUT2D eigenvalue weighted by Crippen LogP contribution is 2.31. The summed E-state index contributed by atoms with van der Waals surface area (Å²) in [5.41, 5.74) is 6.63. The molecule has 0 atom stereocenters. The van der Waals surface area contributed by atoms with E-state index in [0.717, 1.165) is 19.5 Å². The predicted octanol–water partition coefficient (Wildman–Crippen LogP) is 4.32. The van der Waals surface area contributed by atoms with Crippen LogP contribution in [0.4, 0.5) is 0 Å². The Hall–Kier alpha value is -2.32. The van der Waals surface area contributed by atoms with Crippen LogP contribution in [-0.2, 0) is 0 Å². The van der Waals surface area contributed by atoms with E-state index in [0.29, 0.717) is 0 Å². The molecule has 0 fully saturated rings. The molecule has 0 saturated carbocycles. The van der Waals surface area contributed by atoms with Crippen LogP contribution in [0.15, 0.2) is 60.8 Å². The quantitative estimate of drug-likeness (QED) is 0.743. The van der Waals surface area contributed by atoms with Crippen LogP contribution in [-0.4, -0.2) is 17.7 Å². The maximum absolute atomic E-state index is 3.39. The van der Waals surface area contributed by atoms with E-state index in [4.69, 9.17) is 0 Å². The highest BCUT2D eigenvalue weighted by atomic mass is 15.0. The van der Waals surface area contributed by atoms with Crippen molar-refractivity contribution in [3.8, 4) is 5.69 Å². The Balaban J connectivity index is 1.92. The van der Waals surface area contributed by atoms with E-state index in [-0.39, 0.29) is 0 Å². The molecule has 0 spiro atoms. The van der Waals surface area contributed by atoms with Crippen molar-refractivity contribution in [2.75, 3.05) is 13.1 Å². The van der Waals surface area contributed by atoms with Gasteiger partial charge in [-0.05, 0) is 43.7 Å². The fourth-order valence-electron chi connectivity index (χ4n) is 3.22. The molecule has 0 amide bonds. The first-order valence-electron chi connectivity index (χ1n) is 7.90. The van der Waals surface area contributed by atoms with Gasteiger partial charge >= 0.3 is 0 Å². The van der Waals surface area contributed by atoms with E-state index >= 15 is 0 Å². The topological polar surface area (TPSA) is 17.0 Å². The van der Waals surface area contributed by atoms with Gasteiger partial charge in [0.1, 0.15) is 0 Å². The lowest BCUT2D eigenvalue weighted by atomic mass is 10.00. The summed E-state index contributed by atoms with van der Waals surface area (Å²) >= 11 is 0. The molecular formula is C20H20N2. The lowest BCUT2D eigenvalue weighted by Gasteiger charge is -2.13. The molecule has 2 heteroatoms. The Morgan fingerprint density at radius 3 is 2.59 bits per heavy atom. The molecule has 0 saturated heterocycles. The summed E-state index contributed by atoms with van der Waals surface area (Å²) in [6.07, 6.45) is 5.72. The number of benzene rings is 2. The summed E-state index contributed by atoms with van der Waals surface area (Å²) in [5.74, 6) is 0. The van der Waals surface area contributed by atoms with E-state index in [1.165, 1.54) is 33.3 Å². The van der Waals surface area contributed by atoms with Crippen LogP contribution in [0.1, 0.15) is 17.5 Å². The average Bonchev–Trinajstić information content (AvgIpc) is 2.96. The largest absolute Gasteiger partial charge is 0.316 e.